The molecule has 1 aromatic heterocycles. The summed E-state index contributed by atoms with van der Waals surface area (Å²) in [6.07, 6.45) is 4.85. The van der Waals surface area contributed by atoms with Gasteiger partial charge in [0.15, 0.2) is 0 Å². The van der Waals surface area contributed by atoms with Crippen molar-refractivity contribution in [2.24, 2.45) is 0 Å². The number of nitrogens with zero attached hydrogens (tertiary/aromatic N) is 3. The van der Waals surface area contributed by atoms with Gasteiger partial charge in [-0.3, -0.25) is 10.1 Å². The summed E-state index contributed by atoms with van der Waals surface area (Å²) in [5, 5.41) is 19.5. The maximum Gasteiger partial charge on any atom is 0.338 e. The van der Waals surface area contributed by atoms with E-state index in [4.69, 9.17) is 14.7 Å². The first-order valence-electron chi connectivity index (χ1n) is 8.51. The number of hydrogen-bond donors (Lipinski definition) is 0. The number of rotatable bonds is 10. The molecule has 0 N–H and O–H groups in total. The minimum Gasteiger partial charge on any atom is -0.477 e. The van der Waals surface area contributed by atoms with Crippen molar-refractivity contribution < 1.29 is 19.2 Å². The highest BCUT2D eigenvalue weighted by Gasteiger charge is 2.10. The lowest BCUT2D eigenvalue weighted by molar-refractivity contribution is -0.384. The summed E-state index contributed by atoms with van der Waals surface area (Å²) in [5.74, 6) is -0.149. The molecule has 0 unspecified atom stereocenters. The SMILES string of the molecule is N#Cc1cccnc1OCCCCCCOC(=O)c1ccc([N+](=O)[O-])cc1. The molecule has 27 heavy (non-hydrogen) atoms. The highest BCUT2D eigenvalue weighted by molar-refractivity contribution is 5.89. The zero-order chi connectivity index (χ0) is 19.5. The number of nitriles is 1. The molecule has 0 atom stereocenters. The molecule has 140 valence electrons. The summed E-state index contributed by atoms with van der Waals surface area (Å²) in [6, 6.07) is 10.7. The third-order valence-corrected chi connectivity index (χ3v) is 3.72. The van der Waals surface area contributed by atoms with E-state index in [2.05, 4.69) is 4.98 Å². The third kappa shape index (κ3) is 6.40. The molecule has 0 bridgehead atoms. The number of nitro benzene ring substituents is 1. The Morgan fingerprint density at radius 2 is 1.81 bits per heavy atom. The molecular formula is C19H19N3O5. The highest BCUT2D eigenvalue weighted by atomic mass is 16.6. The largest absolute Gasteiger partial charge is 0.477 e. The fraction of sp³-hybridized carbons (Fsp3) is 0.316. The van der Waals surface area contributed by atoms with Crippen molar-refractivity contribution in [2.45, 2.75) is 25.7 Å². The van der Waals surface area contributed by atoms with E-state index in [9.17, 15) is 14.9 Å². The molecule has 0 fully saturated rings. The van der Waals surface area contributed by atoms with Crippen LogP contribution in [0.4, 0.5) is 5.69 Å². The van der Waals surface area contributed by atoms with E-state index < -0.39 is 10.9 Å². The van der Waals surface area contributed by atoms with Gasteiger partial charge in [0.1, 0.15) is 11.6 Å². The number of aromatic nitrogens is 1. The molecule has 8 heteroatoms. The number of esters is 1. The Kier molecular flexibility index (Phi) is 7.72. The maximum atomic E-state index is 11.8. The van der Waals surface area contributed by atoms with Crippen LogP contribution in [0.2, 0.25) is 0 Å². The molecule has 1 heterocycles. The van der Waals surface area contributed by atoms with Crippen LogP contribution >= 0.6 is 0 Å². The van der Waals surface area contributed by atoms with Crippen molar-refractivity contribution in [3.05, 3.63) is 63.8 Å². The van der Waals surface area contributed by atoms with Crippen LogP contribution in [-0.2, 0) is 4.74 Å². The van der Waals surface area contributed by atoms with Gasteiger partial charge in [0.05, 0.1) is 23.7 Å². The van der Waals surface area contributed by atoms with Crippen molar-refractivity contribution >= 4 is 11.7 Å². The van der Waals surface area contributed by atoms with Crippen LogP contribution < -0.4 is 4.74 Å². The molecule has 0 aliphatic rings. The van der Waals surface area contributed by atoms with Crippen LogP contribution in [0, 0.1) is 21.4 Å². The van der Waals surface area contributed by atoms with Crippen LogP contribution in [0.25, 0.3) is 0 Å². The van der Waals surface area contributed by atoms with Crippen LogP contribution in [0.3, 0.4) is 0 Å². The summed E-state index contributed by atoms with van der Waals surface area (Å²) < 4.78 is 10.6. The quantitative estimate of drug-likeness (QED) is 0.271. The number of nitro groups is 1. The Labute approximate surface area is 156 Å². The van der Waals surface area contributed by atoms with Crippen LogP contribution in [-0.4, -0.2) is 29.1 Å². The van der Waals surface area contributed by atoms with Crippen molar-refractivity contribution in [3.63, 3.8) is 0 Å². The summed E-state index contributed by atoms with van der Waals surface area (Å²) >= 11 is 0. The van der Waals surface area contributed by atoms with Gasteiger partial charge in [-0.25, -0.2) is 9.78 Å². The van der Waals surface area contributed by atoms with Crippen molar-refractivity contribution in [2.75, 3.05) is 13.2 Å². The molecule has 0 spiro atoms. The number of benzene rings is 1. The van der Waals surface area contributed by atoms with Gasteiger partial charge in [0, 0.05) is 18.3 Å². The summed E-state index contributed by atoms with van der Waals surface area (Å²) in [7, 11) is 0. The molecule has 0 radical (unpaired) electrons. The van der Waals surface area contributed by atoms with E-state index in [-0.39, 0.29) is 17.9 Å². The first kappa shape index (κ1) is 19.8. The van der Waals surface area contributed by atoms with Crippen LogP contribution in [0.1, 0.15) is 41.6 Å². The zero-order valence-electron chi connectivity index (χ0n) is 14.7. The van der Waals surface area contributed by atoms with Gasteiger partial charge in [0.2, 0.25) is 5.88 Å². The fourth-order valence-electron chi connectivity index (χ4n) is 2.28. The molecule has 0 amide bonds. The molecule has 0 aliphatic carbocycles. The average molecular weight is 369 g/mol. The number of hydrogen-bond acceptors (Lipinski definition) is 7. The van der Waals surface area contributed by atoms with Gasteiger partial charge < -0.3 is 9.47 Å². The van der Waals surface area contributed by atoms with Crippen LogP contribution in [0.15, 0.2) is 42.6 Å². The van der Waals surface area contributed by atoms with E-state index in [0.29, 0.717) is 24.5 Å². The Hall–Kier alpha value is -3.47. The number of carbonyl (C=O) groups is 1. The fourth-order valence-corrected chi connectivity index (χ4v) is 2.28. The zero-order valence-corrected chi connectivity index (χ0v) is 14.7. The number of non-ortho nitro benzene ring substituents is 1. The number of carbonyl (C=O) groups excluding carboxylic acids is 1. The lowest BCUT2D eigenvalue weighted by Gasteiger charge is -2.07. The van der Waals surface area contributed by atoms with E-state index in [1.54, 1.807) is 18.3 Å². The highest BCUT2D eigenvalue weighted by Crippen LogP contribution is 2.14. The Morgan fingerprint density at radius 1 is 1.11 bits per heavy atom. The molecule has 0 saturated heterocycles. The third-order valence-electron chi connectivity index (χ3n) is 3.72. The molecule has 1 aromatic carbocycles. The molecule has 2 rings (SSSR count). The predicted molar refractivity (Wildman–Crippen MR) is 96.3 cm³/mol. The average Bonchev–Trinajstić information content (AvgIpc) is 2.70. The summed E-state index contributed by atoms with van der Waals surface area (Å²) in [4.78, 5) is 25.9. The second kappa shape index (κ2) is 10.5. The van der Waals surface area contributed by atoms with Crippen LogP contribution in [0.5, 0.6) is 5.88 Å². The number of unbranched alkanes of at least 4 members (excludes halogenated alkanes) is 3. The summed E-state index contributed by atoms with van der Waals surface area (Å²) in [6.45, 7) is 0.754. The van der Waals surface area contributed by atoms with E-state index in [1.165, 1.54) is 24.3 Å². The normalized spacial score (nSPS) is 10.0. The van der Waals surface area contributed by atoms with Gasteiger partial charge in [-0.05, 0) is 49.9 Å². The Morgan fingerprint density at radius 3 is 2.48 bits per heavy atom. The lowest BCUT2D eigenvalue weighted by Crippen LogP contribution is -2.06. The number of ether oxygens (including phenoxy) is 2. The van der Waals surface area contributed by atoms with E-state index in [0.717, 1.165) is 19.3 Å². The molecule has 0 saturated carbocycles. The predicted octanol–water partition coefficient (Wildman–Crippen LogP) is 3.66. The van der Waals surface area contributed by atoms with Gasteiger partial charge >= 0.3 is 5.97 Å². The van der Waals surface area contributed by atoms with E-state index >= 15 is 0 Å². The van der Waals surface area contributed by atoms with Gasteiger partial charge in [-0.2, -0.15) is 5.26 Å². The topological polar surface area (TPSA) is 115 Å². The van der Waals surface area contributed by atoms with Crippen molar-refractivity contribution in [1.29, 1.82) is 5.26 Å². The van der Waals surface area contributed by atoms with Gasteiger partial charge in [0.25, 0.3) is 5.69 Å². The smallest absolute Gasteiger partial charge is 0.338 e. The minimum atomic E-state index is -0.520. The second-order valence-electron chi connectivity index (χ2n) is 5.67. The first-order valence-corrected chi connectivity index (χ1v) is 8.51. The van der Waals surface area contributed by atoms with Gasteiger partial charge in [-0.15, -0.1) is 0 Å². The minimum absolute atomic E-state index is 0.0682. The lowest BCUT2D eigenvalue weighted by atomic mass is 10.2. The Balaban J connectivity index is 1.57. The first-order chi connectivity index (χ1) is 13.1. The maximum absolute atomic E-state index is 11.8. The summed E-state index contributed by atoms with van der Waals surface area (Å²) in [5.41, 5.74) is 0.634. The molecular weight excluding hydrogens is 350 g/mol. The standard InChI is InChI=1S/C19H19N3O5/c20-14-16-6-5-11-21-18(16)26-12-3-1-2-4-13-27-19(23)15-7-9-17(10-8-15)22(24)25/h5-11H,1-4,12-13H2. The Bertz CT molecular complexity index is 815. The monoisotopic (exact) mass is 369 g/mol. The molecule has 8 nitrogen and oxygen atoms in total. The molecule has 0 aliphatic heterocycles. The number of pyridine rings is 1. The molecule has 2 aromatic rings. The van der Waals surface area contributed by atoms with E-state index in [1.807, 2.05) is 6.07 Å². The van der Waals surface area contributed by atoms with Gasteiger partial charge in [-0.1, -0.05) is 0 Å². The van der Waals surface area contributed by atoms with Crippen molar-refractivity contribution in [1.82, 2.24) is 4.98 Å². The van der Waals surface area contributed by atoms with Crippen molar-refractivity contribution in [3.8, 4) is 11.9 Å². The second-order valence-corrected chi connectivity index (χ2v) is 5.67.